The van der Waals surface area contributed by atoms with Crippen LogP contribution in [0.25, 0.3) is 6.08 Å². The minimum Gasteiger partial charge on any atom is -0.489 e. The zero-order chi connectivity index (χ0) is 25.5. The summed E-state index contributed by atoms with van der Waals surface area (Å²) >= 11 is 6.34. The first-order valence-electron chi connectivity index (χ1n) is 10.7. The Morgan fingerprint density at radius 2 is 1.58 bits per heavy atom. The van der Waals surface area contributed by atoms with E-state index in [9.17, 15) is 14.4 Å². The third-order valence-electron chi connectivity index (χ3n) is 4.91. The van der Waals surface area contributed by atoms with Crippen LogP contribution in [0.5, 0.6) is 11.5 Å². The van der Waals surface area contributed by atoms with Crippen LogP contribution in [0.3, 0.4) is 0 Å². The molecule has 10 heteroatoms. The predicted octanol–water partition coefficient (Wildman–Crippen LogP) is 4.28. The van der Waals surface area contributed by atoms with E-state index in [4.69, 9.17) is 26.8 Å². The molecule has 1 saturated heterocycles. The molecule has 0 aromatic heterocycles. The summed E-state index contributed by atoms with van der Waals surface area (Å²) in [6.07, 6.45) is 1.63. The highest BCUT2D eigenvalue weighted by atomic mass is 32.2. The van der Waals surface area contributed by atoms with Gasteiger partial charge in [-0.15, -0.1) is 0 Å². The van der Waals surface area contributed by atoms with Crippen molar-refractivity contribution < 1.29 is 29.0 Å². The van der Waals surface area contributed by atoms with E-state index in [1.807, 2.05) is 30.3 Å². The van der Waals surface area contributed by atoms with Gasteiger partial charge in [0.25, 0.3) is 11.8 Å². The second kappa shape index (κ2) is 11.5. The van der Waals surface area contributed by atoms with Gasteiger partial charge in [0, 0.05) is 5.56 Å². The number of amides is 2. The number of benzene rings is 3. The largest absolute Gasteiger partial charge is 0.489 e. The number of hydrogen-bond donors (Lipinski definition) is 2. The molecular weight excluding hydrogens is 500 g/mol. The maximum absolute atomic E-state index is 12.8. The van der Waals surface area contributed by atoms with Crippen LogP contribution in [0.4, 0.5) is 0 Å². The summed E-state index contributed by atoms with van der Waals surface area (Å²) in [5.74, 6) is -0.999. The van der Waals surface area contributed by atoms with Crippen LogP contribution in [0.1, 0.15) is 21.5 Å². The van der Waals surface area contributed by atoms with E-state index in [0.29, 0.717) is 34.1 Å². The van der Waals surface area contributed by atoms with E-state index in [2.05, 4.69) is 5.43 Å². The van der Waals surface area contributed by atoms with Crippen LogP contribution < -0.4 is 14.9 Å². The highest BCUT2D eigenvalue weighted by molar-refractivity contribution is 8.26. The van der Waals surface area contributed by atoms with Crippen molar-refractivity contribution >= 4 is 52.2 Å². The predicted molar refractivity (Wildman–Crippen MR) is 139 cm³/mol. The van der Waals surface area contributed by atoms with E-state index in [1.54, 1.807) is 54.6 Å². The van der Waals surface area contributed by atoms with Gasteiger partial charge in [0.2, 0.25) is 0 Å². The van der Waals surface area contributed by atoms with Gasteiger partial charge in [-0.2, -0.15) is 5.01 Å². The summed E-state index contributed by atoms with van der Waals surface area (Å²) in [6.45, 7) is -0.0332. The lowest BCUT2D eigenvalue weighted by Crippen LogP contribution is -2.44. The molecule has 0 radical (unpaired) electrons. The first-order valence-corrected chi connectivity index (χ1v) is 11.9. The van der Waals surface area contributed by atoms with Crippen molar-refractivity contribution in [1.82, 2.24) is 10.4 Å². The Morgan fingerprint density at radius 1 is 0.944 bits per heavy atom. The quantitative estimate of drug-likeness (QED) is 0.318. The number of hydrogen-bond acceptors (Lipinski definition) is 7. The monoisotopic (exact) mass is 520 g/mol. The first-order chi connectivity index (χ1) is 17.4. The molecule has 8 nitrogen and oxygen atoms in total. The third kappa shape index (κ3) is 6.49. The topological polar surface area (TPSA) is 105 Å². The second-order valence-electron chi connectivity index (χ2n) is 7.51. The van der Waals surface area contributed by atoms with Gasteiger partial charge in [-0.25, -0.2) is 4.79 Å². The number of nitrogens with zero attached hydrogens (tertiary/aromatic N) is 1. The molecule has 1 fully saturated rings. The van der Waals surface area contributed by atoms with Gasteiger partial charge in [-0.1, -0.05) is 54.2 Å². The molecule has 3 aromatic carbocycles. The molecule has 1 aliphatic rings. The fourth-order valence-electron chi connectivity index (χ4n) is 3.13. The summed E-state index contributed by atoms with van der Waals surface area (Å²) < 4.78 is 11.0. The van der Waals surface area contributed by atoms with Gasteiger partial charge < -0.3 is 14.6 Å². The maximum atomic E-state index is 12.8. The third-order valence-corrected chi connectivity index (χ3v) is 6.21. The van der Waals surface area contributed by atoms with Crippen molar-refractivity contribution in [2.45, 2.75) is 6.61 Å². The van der Waals surface area contributed by atoms with E-state index >= 15 is 0 Å². The van der Waals surface area contributed by atoms with Crippen LogP contribution in [0, 0.1) is 0 Å². The first kappa shape index (κ1) is 25.0. The van der Waals surface area contributed by atoms with E-state index < -0.39 is 24.4 Å². The normalized spacial score (nSPS) is 14.1. The summed E-state index contributed by atoms with van der Waals surface area (Å²) in [4.78, 5) is 36.5. The molecule has 2 amide bonds. The van der Waals surface area contributed by atoms with Gasteiger partial charge in [0.1, 0.15) is 18.1 Å². The average Bonchev–Trinajstić information content (AvgIpc) is 3.15. The lowest BCUT2D eigenvalue weighted by atomic mass is 10.2. The number of rotatable bonds is 9. The molecule has 3 aromatic rings. The molecule has 0 saturated carbocycles. The summed E-state index contributed by atoms with van der Waals surface area (Å²) in [5.41, 5.74) is 4.62. The standard InChI is InChI=1S/C26H20N2O6S2/c29-23(30)16-34-20-10-6-17(7-11-20)14-22-25(32)28(26(35)36-22)27-24(31)19-8-12-21(13-9-19)33-15-18-4-2-1-3-5-18/h1-14H,15-16H2,(H,27,31)(H,29,30)/b22-14+. The molecule has 1 aliphatic heterocycles. The van der Waals surface area contributed by atoms with Gasteiger partial charge in [-0.05, 0) is 65.8 Å². The number of thiocarbonyl (C=S) groups is 1. The fourth-order valence-corrected chi connectivity index (χ4v) is 4.31. The molecule has 182 valence electrons. The number of aliphatic carboxylic acids is 1. The van der Waals surface area contributed by atoms with Gasteiger partial charge in [-0.3, -0.25) is 15.0 Å². The van der Waals surface area contributed by atoms with Gasteiger partial charge >= 0.3 is 5.97 Å². The Balaban J connectivity index is 1.35. The Bertz CT molecular complexity index is 1310. The SMILES string of the molecule is O=C(O)COc1ccc(/C=C2/SC(=S)N(NC(=O)c3ccc(OCc4ccccc4)cc3)C2=O)cc1. The number of ether oxygens (including phenoxy) is 2. The van der Waals surface area contributed by atoms with Crippen molar-refractivity contribution in [3.8, 4) is 11.5 Å². The van der Waals surface area contributed by atoms with Crippen LogP contribution in [0.2, 0.25) is 0 Å². The smallest absolute Gasteiger partial charge is 0.341 e. The molecular formula is C26H20N2O6S2. The molecule has 0 spiro atoms. The van der Waals surface area contributed by atoms with E-state index in [1.165, 1.54) is 0 Å². The molecule has 0 aliphatic carbocycles. The number of hydrazine groups is 1. The molecule has 2 N–H and O–H groups in total. The summed E-state index contributed by atoms with van der Waals surface area (Å²) in [6, 6.07) is 22.9. The summed E-state index contributed by atoms with van der Waals surface area (Å²) in [7, 11) is 0. The highest BCUT2D eigenvalue weighted by Gasteiger charge is 2.33. The fraction of sp³-hybridized carbons (Fsp3) is 0.0769. The lowest BCUT2D eigenvalue weighted by molar-refractivity contribution is -0.139. The van der Waals surface area contributed by atoms with Crippen LogP contribution >= 0.6 is 24.0 Å². The zero-order valence-corrected chi connectivity index (χ0v) is 20.4. The number of thioether (sulfide) groups is 1. The number of carboxylic acid groups (broad SMARTS) is 1. The molecule has 1 heterocycles. The lowest BCUT2D eigenvalue weighted by Gasteiger charge is -2.15. The molecule has 36 heavy (non-hydrogen) atoms. The highest BCUT2D eigenvalue weighted by Crippen LogP contribution is 2.31. The van der Waals surface area contributed by atoms with Crippen molar-refractivity contribution in [3.05, 3.63) is 100 Å². The number of carbonyl (C=O) groups excluding carboxylic acids is 2. The Labute approximate surface area is 216 Å². The second-order valence-corrected chi connectivity index (χ2v) is 9.18. The molecule has 0 unspecified atom stereocenters. The van der Waals surface area contributed by atoms with Gasteiger partial charge in [0.05, 0.1) is 4.91 Å². The number of carbonyl (C=O) groups is 3. The molecule has 4 rings (SSSR count). The Hall–Kier alpha value is -4.15. The minimum atomic E-state index is -1.07. The zero-order valence-electron chi connectivity index (χ0n) is 18.7. The van der Waals surface area contributed by atoms with E-state index in [-0.39, 0.29) is 4.32 Å². The Kier molecular flexibility index (Phi) is 7.99. The molecule has 0 atom stereocenters. The van der Waals surface area contributed by atoms with Crippen molar-refractivity contribution in [2.24, 2.45) is 0 Å². The van der Waals surface area contributed by atoms with Crippen molar-refractivity contribution in [2.75, 3.05) is 6.61 Å². The average molecular weight is 521 g/mol. The van der Waals surface area contributed by atoms with Crippen LogP contribution in [-0.2, 0) is 16.2 Å². The van der Waals surface area contributed by atoms with Crippen LogP contribution in [-0.4, -0.2) is 38.8 Å². The van der Waals surface area contributed by atoms with Crippen molar-refractivity contribution in [1.29, 1.82) is 0 Å². The van der Waals surface area contributed by atoms with E-state index in [0.717, 1.165) is 22.3 Å². The Morgan fingerprint density at radius 3 is 2.25 bits per heavy atom. The molecule has 0 bridgehead atoms. The van der Waals surface area contributed by atoms with Crippen LogP contribution in [0.15, 0.2) is 83.8 Å². The van der Waals surface area contributed by atoms with Gasteiger partial charge in [0.15, 0.2) is 10.9 Å². The maximum Gasteiger partial charge on any atom is 0.341 e. The number of nitrogens with one attached hydrogen (secondary N) is 1. The number of carboxylic acids is 1. The minimum absolute atomic E-state index is 0.198. The van der Waals surface area contributed by atoms with Crippen molar-refractivity contribution in [3.63, 3.8) is 0 Å². The summed E-state index contributed by atoms with van der Waals surface area (Å²) in [5, 5.41) is 9.72.